The Bertz CT molecular complexity index is 634. The van der Waals surface area contributed by atoms with Gasteiger partial charge in [0.2, 0.25) is 11.8 Å². The molecule has 134 valence electrons. The summed E-state index contributed by atoms with van der Waals surface area (Å²) in [6, 6.07) is 10.1. The van der Waals surface area contributed by atoms with Crippen molar-refractivity contribution < 1.29 is 9.59 Å². The minimum absolute atomic E-state index is 0.0636. The van der Waals surface area contributed by atoms with Gasteiger partial charge in [0.15, 0.2) is 0 Å². The first-order chi connectivity index (χ1) is 12.1. The Morgan fingerprint density at radius 1 is 1.24 bits per heavy atom. The van der Waals surface area contributed by atoms with Crippen LogP contribution in [0, 0.1) is 5.41 Å². The normalized spacial score (nSPS) is 20.0. The molecule has 2 fully saturated rings. The van der Waals surface area contributed by atoms with E-state index in [1.165, 1.54) is 0 Å². The Morgan fingerprint density at radius 3 is 2.64 bits per heavy atom. The van der Waals surface area contributed by atoms with Crippen LogP contribution in [0.5, 0.6) is 0 Å². The Balaban J connectivity index is 1.52. The summed E-state index contributed by atoms with van der Waals surface area (Å²) in [5.74, 6) is 0.400. The number of likely N-dealkylation sites (tertiary alicyclic amines) is 2. The van der Waals surface area contributed by atoms with E-state index in [9.17, 15) is 9.59 Å². The zero-order valence-electron chi connectivity index (χ0n) is 14.9. The largest absolute Gasteiger partial charge is 0.342 e. The number of nitrogens with zero attached hydrogens (tertiary/aromatic N) is 2. The zero-order valence-corrected chi connectivity index (χ0v) is 14.9. The Hall–Kier alpha value is -2.14. The molecule has 2 saturated heterocycles. The first-order valence-corrected chi connectivity index (χ1v) is 9.04. The first-order valence-electron chi connectivity index (χ1n) is 9.04. The van der Waals surface area contributed by atoms with Gasteiger partial charge in [-0.2, -0.15) is 0 Å². The van der Waals surface area contributed by atoms with E-state index in [2.05, 4.69) is 29.6 Å². The van der Waals surface area contributed by atoms with Crippen molar-refractivity contribution in [1.29, 1.82) is 0 Å². The average Bonchev–Trinajstić information content (AvgIpc) is 2.92. The summed E-state index contributed by atoms with van der Waals surface area (Å²) in [7, 11) is 1.79. The molecule has 0 saturated carbocycles. The molecule has 0 radical (unpaired) electrons. The lowest BCUT2D eigenvalue weighted by molar-refractivity contribution is -0.132. The number of rotatable bonds is 5. The lowest BCUT2D eigenvalue weighted by atomic mass is 9.77. The SMILES string of the molecule is CNCC(=O)N1CCC2(CC1)CC(=O)N(CC=Cc1ccccc1)C2. The van der Waals surface area contributed by atoms with Gasteiger partial charge in [-0.1, -0.05) is 42.5 Å². The molecule has 1 N–H and O–H groups in total. The molecule has 2 amide bonds. The van der Waals surface area contributed by atoms with Crippen LogP contribution in [0.15, 0.2) is 36.4 Å². The molecule has 0 unspecified atom stereocenters. The van der Waals surface area contributed by atoms with Crippen LogP contribution in [0.2, 0.25) is 0 Å². The molecule has 5 heteroatoms. The Labute approximate surface area is 149 Å². The van der Waals surface area contributed by atoms with Crippen molar-refractivity contribution in [2.45, 2.75) is 19.3 Å². The van der Waals surface area contributed by atoms with Crippen LogP contribution in [0.1, 0.15) is 24.8 Å². The maximum Gasteiger partial charge on any atom is 0.236 e. The van der Waals surface area contributed by atoms with Crippen molar-refractivity contribution in [3.05, 3.63) is 42.0 Å². The summed E-state index contributed by atoms with van der Waals surface area (Å²) in [4.78, 5) is 28.3. The first kappa shape index (κ1) is 17.7. The fraction of sp³-hybridized carbons (Fsp3) is 0.500. The highest BCUT2D eigenvalue weighted by atomic mass is 16.2. The van der Waals surface area contributed by atoms with Crippen LogP contribution in [-0.2, 0) is 9.59 Å². The van der Waals surface area contributed by atoms with E-state index < -0.39 is 0 Å². The highest BCUT2D eigenvalue weighted by Gasteiger charge is 2.44. The van der Waals surface area contributed by atoms with Gasteiger partial charge in [-0.05, 0) is 25.5 Å². The maximum absolute atomic E-state index is 12.4. The number of piperidine rings is 1. The lowest BCUT2D eigenvalue weighted by Gasteiger charge is -2.38. The predicted octanol–water partition coefficient (Wildman–Crippen LogP) is 1.76. The van der Waals surface area contributed by atoms with Crippen molar-refractivity contribution in [2.75, 3.05) is 39.8 Å². The Kier molecular flexibility index (Phi) is 5.53. The van der Waals surface area contributed by atoms with E-state index in [0.29, 0.717) is 19.5 Å². The highest BCUT2D eigenvalue weighted by molar-refractivity contribution is 5.80. The molecule has 2 aliphatic rings. The zero-order chi connectivity index (χ0) is 17.7. The summed E-state index contributed by atoms with van der Waals surface area (Å²) in [5, 5.41) is 2.92. The monoisotopic (exact) mass is 341 g/mol. The van der Waals surface area contributed by atoms with Crippen LogP contribution >= 0.6 is 0 Å². The number of benzene rings is 1. The molecule has 1 spiro atoms. The molecule has 3 rings (SSSR count). The van der Waals surface area contributed by atoms with Crippen LogP contribution in [0.25, 0.3) is 6.08 Å². The minimum atomic E-state index is 0.0636. The van der Waals surface area contributed by atoms with Crippen molar-refractivity contribution >= 4 is 17.9 Å². The van der Waals surface area contributed by atoms with Gasteiger partial charge in [-0.3, -0.25) is 9.59 Å². The molecule has 0 bridgehead atoms. The van der Waals surface area contributed by atoms with Crippen LogP contribution in [0.4, 0.5) is 0 Å². The number of nitrogens with one attached hydrogen (secondary N) is 1. The third-order valence-electron chi connectivity index (χ3n) is 5.35. The molecule has 2 aliphatic heterocycles. The highest BCUT2D eigenvalue weighted by Crippen LogP contribution is 2.40. The van der Waals surface area contributed by atoms with Gasteiger partial charge in [0, 0.05) is 38.0 Å². The van der Waals surface area contributed by atoms with E-state index in [0.717, 1.165) is 38.0 Å². The number of likely N-dealkylation sites (N-methyl/N-ethyl adjacent to an activating group) is 1. The standard InChI is InChI=1S/C20H27N3O2/c1-21-15-19(25)22-12-9-20(10-13-22)14-18(24)23(16-20)11-5-8-17-6-3-2-4-7-17/h2-8,21H,9-16H2,1H3. The quantitative estimate of drug-likeness (QED) is 0.888. The molecule has 0 atom stereocenters. The van der Waals surface area contributed by atoms with Crippen molar-refractivity contribution in [3.63, 3.8) is 0 Å². The van der Waals surface area contributed by atoms with E-state index in [1.54, 1.807) is 7.05 Å². The summed E-state index contributed by atoms with van der Waals surface area (Å²) in [6.07, 6.45) is 6.61. The number of amides is 2. The van der Waals surface area contributed by atoms with Gasteiger partial charge >= 0.3 is 0 Å². The fourth-order valence-corrected chi connectivity index (χ4v) is 3.86. The smallest absolute Gasteiger partial charge is 0.236 e. The summed E-state index contributed by atoms with van der Waals surface area (Å²) in [6.45, 7) is 3.40. The van der Waals surface area contributed by atoms with E-state index in [1.807, 2.05) is 28.0 Å². The number of carbonyl (C=O) groups is 2. The molecular weight excluding hydrogens is 314 g/mol. The van der Waals surface area contributed by atoms with E-state index in [4.69, 9.17) is 0 Å². The van der Waals surface area contributed by atoms with Crippen LogP contribution < -0.4 is 5.32 Å². The second kappa shape index (κ2) is 7.83. The van der Waals surface area contributed by atoms with Crippen LogP contribution in [-0.4, -0.2) is 61.4 Å². The third-order valence-corrected chi connectivity index (χ3v) is 5.35. The van der Waals surface area contributed by atoms with Gasteiger partial charge in [0.25, 0.3) is 0 Å². The summed E-state index contributed by atoms with van der Waals surface area (Å²) in [5.41, 5.74) is 1.22. The van der Waals surface area contributed by atoms with E-state index >= 15 is 0 Å². The summed E-state index contributed by atoms with van der Waals surface area (Å²) < 4.78 is 0. The molecule has 2 heterocycles. The minimum Gasteiger partial charge on any atom is -0.342 e. The lowest BCUT2D eigenvalue weighted by Crippen LogP contribution is -2.46. The second-order valence-electron chi connectivity index (χ2n) is 7.18. The third kappa shape index (κ3) is 4.28. The predicted molar refractivity (Wildman–Crippen MR) is 98.8 cm³/mol. The molecule has 1 aromatic rings. The summed E-state index contributed by atoms with van der Waals surface area (Å²) >= 11 is 0. The van der Waals surface area contributed by atoms with Gasteiger partial charge in [0.05, 0.1) is 6.54 Å². The van der Waals surface area contributed by atoms with Gasteiger partial charge in [0.1, 0.15) is 0 Å². The number of carbonyl (C=O) groups excluding carboxylic acids is 2. The number of hydrogen-bond donors (Lipinski definition) is 1. The molecule has 5 nitrogen and oxygen atoms in total. The number of hydrogen-bond acceptors (Lipinski definition) is 3. The molecule has 25 heavy (non-hydrogen) atoms. The van der Waals surface area contributed by atoms with Crippen molar-refractivity contribution in [2.24, 2.45) is 5.41 Å². The van der Waals surface area contributed by atoms with Gasteiger partial charge in [-0.15, -0.1) is 0 Å². The van der Waals surface area contributed by atoms with Crippen molar-refractivity contribution in [3.8, 4) is 0 Å². The molecule has 0 aliphatic carbocycles. The maximum atomic E-state index is 12.4. The second-order valence-corrected chi connectivity index (χ2v) is 7.18. The molecule has 0 aromatic heterocycles. The van der Waals surface area contributed by atoms with Gasteiger partial charge < -0.3 is 15.1 Å². The Morgan fingerprint density at radius 2 is 1.96 bits per heavy atom. The molecular formula is C20H27N3O2. The van der Waals surface area contributed by atoms with Crippen LogP contribution in [0.3, 0.4) is 0 Å². The average molecular weight is 341 g/mol. The fourth-order valence-electron chi connectivity index (χ4n) is 3.86. The molecule has 1 aromatic carbocycles. The van der Waals surface area contributed by atoms with Crippen molar-refractivity contribution in [1.82, 2.24) is 15.1 Å². The topological polar surface area (TPSA) is 52.7 Å². The van der Waals surface area contributed by atoms with Gasteiger partial charge in [-0.25, -0.2) is 0 Å². The van der Waals surface area contributed by atoms with E-state index in [-0.39, 0.29) is 17.2 Å².